The van der Waals surface area contributed by atoms with E-state index in [0.29, 0.717) is 17.8 Å². The molecule has 4 nitrogen and oxygen atoms in total. The molecule has 4 heteroatoms. The van der Waals surface area contributed by atoms with E-state index in [1.54, 1.807) is 12.1 Å². The van der Waals surface area contributed by atoms with Gasteiger partial charge in [-0.3, -0.25) is 4.79 Å². The number of amides is 1. The standard InChI is InChI=1S/C18H23N3O/c1-3-11-20-18(22)15-9-10-17(16(19)12-15)21-13(2)14-7-5-4-6-8-14/h4-10,12-13,21H,3,11,19H2,1-2H3,(H,20,22)/t13-/m0/s1. The van der Waals surface area contributed by atoms with Crippen LogP contribution < -0.4 is 16.4 Å². The van der Waals surface area contributed by atoms with Gasteiger partial charge in [-0.25, -0.2) is 0 Å². The van der Waals surface area contributed by atoms with Gasteiger partial charge in [-0.1, -0.05) is 37.3 Å². The highest BCUT2D eigenvalue weighted by Crippen LogP contribution is 2.25. The fraction of sp³-hybridized carbons (Fsp3) is 0.278. The maximum absolute atomic E-state index is 11.9. The van der Waals surface area contributed by atoms with E-state index in [-0.39, 0.29) is 11.9 Å². The lowest BCUT2D eigenvalue weighted by atomic mass is 10.1. The van der Waals surface area contributed by atoms with Gasteiger partial charge in [0.1, 0.15) is 0 Å². The molecule has 0 aliphatic rings. The van der Waals surface area contributed by atoms with E-state index in [4.69, 9.17) is 5.73 Å². The highest BCUT2D eigenvalue weighted by Gasteiger charge is 2.10. The van der Waals surface area contributed by atoms with E-state index in [0.717, 1.165) is 12.1 Å². The molecule has 0 aliphatic carbocycles. The molecule has 0 unspecified atom stereocenters. The summed E-state index contributed by atoms with van der Waals surface area (Å²) in [5.74, 6) is -0.0868. The van der Waals surface area contributed by atoms with Gasteiger partial charge in [0.05, 0.1) is 11.4 Å². The van der Waals surface area contributed by atoms with Crippen LogP contribution in [0.5, 0.6) is 0 Å². The number of carbonyl (C=O) groups is 1. The van der Waals surface area contributed by atoms with E-state index in [9.17, 15) is 4.79 Å². The minimum atomic E-state index is -0.0868. The van der Waals surface area contributed by atoms with Gasteiger partial charge in [0.2, 0.25) is 0 Å². The van der Waals surface area contributed by atoms with Crippen LogP contribution in [0.4, 0.5) is 11.4 Å². The quantitative estimate of drug-likeness (QED) is 0.714. The molecule has 116 valence electrons. The van der Waals surface area contributed by atoms with Crippen molar-refractivity contribution in [3.05, 3.63) is 59.7 Å². The highest BCUT2D eigenvalue weighted by atomic mass is 16.1. The normalized spacial score (nSPS) is 11.7. The van der Waals surface area contributed by atoms with Crippen molar-refractivity contribution < 1.29 is 4.79 Å². The average Bonchev–Trinajstić information content (AvgIpc) is 2.55. The Balaban J connectivity index is 2.08. The highest BCUT2D eigenvalue weighted by molar-refractivity contribution is 5.96. The Morgan fingerprint density at radius 2 is 1.91 bits per heavy atom. The first-order valence-electron chi connectivity index (χ1n) is 7.61. The van der Waals surface area contributed by atoms with Crippen molar-refractivity contribution in [2.75, 3.05) is 17.6 Å². The molecule has 0 saturated carbocycles. The second kappa shape index (κ2) is 7.50. The third-order valence-electron chi connectivity index (χ3n) is 3.52. The Morgan fingerprint density at radius 1 is 1.18 bits per heavy atom. The lowest BCUT2D eigenvalue weighted by molar-refractivity contribution is 0.0953. The maximum Gasteiger partial charge on any atom is 0.251 e. The van der Waals surface area contributed by atoms with Crippen molar-refractivity contribution in [3.63, 3.8) is 0 Å². The lowest BCUT2D eigenvalue weighted by Gasteiger charge is -2.17. The molecule has 2 aromatic rings. The fourth-order valence-electron chi connectivity index (χ4n) is 2.23. The number of nitrogens with two attached hydrogens (primary N) is 1. The summed E-state index contributed by atoms with van der Waals surface area (Å²) in [4.78, 5) is 11.9. The summed E-state index contributed by atoms with van der Waals surface area (Å²) in [7, 11) is 0. The van der Waals surface area contributed by atoms with Crippen LogP contribution in [0.25, 0.3) is 0 Å². The van der Waals surface area contributed by atoms with Crippen molar-refractivity contribution in [3.8, 4) is 0 Å². The van der Waals surface area contributed by atoms with Gasteiger partial charge in [0, 0.05) is 18.2 Å². The van der Waals surface area contributed by atoms with Crippen molar-refractivity contribution in [2.45, 2.75) is 26.3 Å². The number of benzene rings is 2. The molecule has 0 fully saturated rings. The summed E-state index contributed by atoms with van der Waals surface area (Å²) in [6.45, 7) is 4.77. The van der Waals surface area contributed by atoms with Crippen LogP contribution in [0.15, 0.2) is 48.5 Å². The Hall–Kier alpha value is -2.49. The van der Waals surface area contributed by atoms with Crippen LogP contribution in [0, 0.1) is 0 Å². The molecule has 1 atom stereocenters. The van der Waals surface area contributed by atoms with Crippen molar-refractivity contribution >= 4 is 17.3 Å². The van der Waals surface area contributed by atoms with Crippen LogP contribution in [0.3, 0.4) is 0 Å². The molecule has 2 aromatic carbocycles. The molecule has 22 heavy (non-hydrogen) atoms. The van der Waals surface area contributed by atoms with Crippen LogP contribution in [-0.4, -0.2) is 12.5 Å². The molecule has 1 amide bonds. The number of nitrogen functional groups attached to an aromatic ring is 1. The van der Waals surface area contributed by atoms with Crippen LogP contribution >= 0.6 is 0 Å². The third kappa shape index (κ3) is 4.01. The fourth-order valence-corrected chi connectivity index (χ4v) is 2.23. The van der Waals surface area contributed by atoms with Gasteiger partial charge in [0.25, 0.3) is 5.91 Å². The molecule has 0 aromatic heterocycles. The average molecular weight is 297 g/mol. The van der Waals surface area contributed by atoms with Gasteiger partial charge in [-0.2, -0.15) is 0 Å². The largest absolute Gasteiger partial charge is 0.397 e. The number of hydrogen-bond acceptors (Lipinski definition) is 3. The molecule has 0 heterocycles. The molecule has 4 N–H and O–H groups in total. The SMILES string of the molecule is CCCNC(=O)c1ccc(N[C@@H](C)c2ccccc2)c(N)c1. The van der Waals surface area contributed by atoms with Gasteiger partial charge in [-0.15, -0.1) is 0 Å². The lowest BCUT2D eigenvalue weighted by Crippen LogP contribution is -2.24. The Labute approximate surface area is 131 Å². The van der Waals surface area contributed by atoms with Crippen LogP contribution in [0.2, 0.25) is 0 Å². The van der Waals surface area contributed by atoms with Gasteiger partial charge >= 0.3 is 0 Å². The zero-order valence-corrected chi connectivity index (χ0v) is 13.1. The molecule has 0 aliphatic heterocycles. The summed E-state index contributed by atoms with van der Waals surface area (Å²) in [5.41, 5.74) is 9.26. The number of anilines is 2. The maximum atomic E-state index is 11.9. The smallest absolute Gasteiger partial charge is 0.251 e. The number of carbonyl (C=O) groups excluding carboxylic acids is 1. The number of rotatable bonds is 6. The number of hydrogen-bond donors (Lipinski definition) is 3. The van der Waals surface area contributed by atoms with E-state index < -0.39 is 0 Å². The monoisotopic (exact) mass is 297 g/mol. The minimum Gasteiger partial charge on any atom is -0.397 e. The van der Waals surface area contributed by atoms with Crippen molar-refractivity contribution in [2.24, 2.45) is 0 Å². The van der Waals surface area contributed by atoms with E-state index >= 15 is 0 Å². The molecule has 0 saturated heterocycles. The molecule has 2 rings (SSSR count). The zero-order chi connectivity index (χ0) is 15.9. The Morgan fingerprint density at radius 3 is 2.55 bits per heavy atom. The van der Waals surface area contributed by atoms with Gasteiger partial charge in [0.15, 0.2) is 0 Å². The van der Waals surface area contributed by atoms with E-state index in [1.165, 1.54) is 5.56 Å². The summed E-state index contributed by atoms with van der Waals surface area (Å²) in [6.07, 6.45) is 0.912. The summed E-state index contributed by atoms with van der Waals surface area (Å²) in [5, 5.41) is 6.23. The second-order valence-electron chi connectivity index (χ2n) is 5.33. The third-order valence-corrected chi connectivity index (χ3v) is 3.52. The predicted molar refractivity (Wildman–Crippen MR) is 92.0 cm³/mol. The van der Waals surface area contributed by atoms with Crippen molar-refractivity contribution in [1.82, 2.24) is 5.32 Å². The van der Waals surface area contributed by atoms with E-state index in [2.05, 4.69) is 29.7 Å². The molecular formula is C18H23N3O. The summed E-state index contributed by atoms with van der Waals surface area (Å²) < 4.78 is 0. The van der Waals surface area contributed by atoms with E-state index in [1.807, 2.05) is 31.2 Å². The second-order valence-corrected chi connectivity index (χ2v) is 5.33. The molecule has 0 bridgehead atoms. The minimum absolute atomic E-state index is 0.0868. The van der Waals surface area contributed by atoms with Crippen LogP contribution in [-0.2, 0) is 0 Å². The Bertz CT molecular complexity index is 625. The summed E-state index contributed by atoms with van der Waals surface area (Å²) >= 11 is 0. The van der Waals surface area contributed by atoms with Gasteiger partial charge < -0.3 is 16.4 Å². The predicted octanol–water partition coefficient (Wildman–Crippen LogP) is 3.58. The summed E-state index contributed by atoms with van der Waals surface area (Å²) in [6, 6.07) is 15.7. The first-order chi connectivity index (χ1) is 10.6. The molecular weight excluding hydrogens is 274 g/mol. The number of nitrogens with one attached hydrogen (secondary N) is 2. The Kier molecular flexibility index (Phi) is 5.42. The first kappa shape index (κ1) is 15.9. The first-order valence-corrected chi connectivity index (χ1v) is 7.61. The topological polar surface area (TPSA) is 67.2 Å². The van der Waals surface area contributed by atoms with Gasteiger partial charge in [-0.05, 0) is 37.1 Å². The van der Waals surface area contributed by atoms with Crippen molar-refractivity contribution in [1.29, 1.82) is 0 Å². The van der Waals surface area contributed by atoms with Crippen LogP contribution in [0.1, 0.15) is 42.2 Å². The molecule has 0 spiro atoms. The molecule has 0 radical (unpaired) electrons. The zero-order valence-electron chi connectivity index (χ0n) is 13.1.